The van der Waals surface area contributed by atoms with Gasteiger partial charge < -0.3 is 30.1 Å². The van der Waals surface area contributed by atoms with Crippen LogP contribution < -0.4 is 25.0 Å². The molecule has 0 bridgehead atoms. The van der Waals surface area contributed by atoms with E-state index in [0.717, 1.165) is 44.0 Å². The number of aliphatic hydroxyl groups is 1. The average Bonchev–Trinajstić information content (AvgIpc) is 3.32. The summed E-state index contributed by atoms with van der Waals surface area (Å²) >= 11 is 1.79. The quantitative estimate of drug-likeness (QED) is 0.260. The molecule has 1 aliphatic heterocycles. The topological polar surface area (TPSA) is 78.4 Å². The highest BCUT2D eigenvalue weighted by atomic mass is 127. The minimum absolute atomic E-state index is 0. The fraction of sp³-hybridized carbons (Fsp3) is 0.500. The predicted molar refractivity (Wildman–Crippen MR) is 139 cm³/mol. The number of benzene rings is 1. The normalized spacial score (nSPS) is 15.7. The van der Waals surface area contributed by atoms with Crippen LogP contribution in [0.4, 0.5) is 5.00 Å². The highest BCUT2D eigenvalue weighted by molar-refractivity contribution is 14.0. The molecule has 9 heteroatoms. The number of hydrogen-bond donors (Lipinski definition) is 3. The van der Waals surface area contributed by atoms with Crippen LogP contribution in [0.2, 0.25) is 0 Å². The van der Waals surface area contributed by atoms with Gasteiger partial charge in [-0.3, -0.25) is 4.99 Å². The zero-order valence-corrected chi connectivity index (χ0v) is 21.5. The summed E-state index contributed by atoms with van der Waals surface area (Å²) < 4.78 is 10.6. The molecule has 2 aromatic rings. The van der Waals surface area contributed by atoms with Crippen molar-refractivity contribution in [2.45, 2.75) is 31.9 Å². The third kappa shape index (κ3) is 7.43. The number of guanidine groups is 1. The molecular weight excluding hydrogens is 527 g/mol. The van der Waals surface area contributed by atoms with Crippen molar-refractivity contribution in [3.8, 4) is 11.5 Å². The van der Waals surface area contributed by atoms with E-state index in [2.05, 4.69) is 38.0 Å². The van der Waals surface area contributed by atoms with Gasteiger partial charge in [0.2, 0.25) is 0 Å². The summed E-state index contributed by atoms with van der Waals surface area (Å²) in [7, 11) is 3.19. The van der Waals surface area contributed by atoms with Crippen molar-refractivity contribution in [2.24, 2.45) is 4.99 Å². The lowest BCUT2D eigenvalue weighted by atomic mass is 10.1. The van der Waals surface area contributed by atoms with E-state index >= 15 is 0 Å². The van der Waals surface area contributed by atoms with Crippen LogP contribution in [0.3, 0.4) is 0 Å². The van der Waals surface area contributed by atoms with E-state index in [0.29, 0.717) is 17.5 Å². The minimum atomic E-state index is -0.745. The van der Waals surface area contributed by atoms with Gasteiger partial charge in [0, 0.05) is 31.7 Å². The summed E-state index contributed by atoms with van der Waals surface area (Å²) in [6.45, 7) is 5.12. The van der Waals surface area contributed by atoms with Crippen LogP contribution in [0, 0.1) is 0 Å². The maximum Gasteiger partial charge on any atom is 0.191 e. The molecule has 1 atom stereocenters. The van der Waals surface area contributed by atoms with Gasteiger partial charge in [-0.2, -0.15) is 0 Å². The van der Waals surface area contributed by atoms with E-state index in [1.807, 2.05) is 19.1 Å². The standard InChI is InChI=1S/C22H32N4O3S.HI/c1-4-23-22(25-17-7-9-26(10-8-17)21-6-5-11-30-21)24-15-20(27)16-12-18(28-2)14-19(13-16)29-3;/h5-6,11-14,17,20,27H,4,7-10,15H2,1-3H3,(H2,23,24,25);1H. The van der Waals surface area contributed by atoms with Gasteiger partial charge >= 0.3 is 0 Å². The highest BCUT2D eigenvalue weighted by Crippen LogP contribution is 2.27. The smallest absolute Gasteiger partial charge is 0.191 e. The molecule has 0 amide bonds. The van der Waals surface area contributed by atoms with Gasteiger partial charge in [-0.15, -0.1) is 35.3 Å². The maximum absolute atomic E-state index is 10.6. The molecule has 3 N–H and O–H groups in total. The maximum atomic E-state index is 10.6. The lowest BCUT2D eigenvalue weighted by molar-refractivity contribution is 0.186. The molecule has 2 heterocycles. The number of thiophene rings is 1. The zero-order chi connectivity index (χ0) is 21.3. The number of nitrogens with zero attached hydrogens (tertiary/aromatic N) is 2. The number of hydrogen-bond acceptors (Lipinski definition) is 6. The molecule has 7 nitrogen and oxygen atoms in total. The summed E-state index contributed by atoms with van der Waals surface area (Å²) in [6, 6.07) is 10.1. The largest absolute Gasteiger partial charge is 0.497 e. The summed E-state index contributed by atoms with van der Waals surface area (Å²) in [4.78, 5) is 7.05. The van der Waals surface area contributed by atoms with Crippen LogP contribution >= 0.6 is 35.3 Å². The van der Waals surface area contributed by atoms with Gasteiger partial charge in [0.1, 0.15) is 11.5 Å². The second-order valence-corrected chi connectivity index (χ2v) is 8.16. The molecular formula is C22H33IN4O3S. The Labute approximate surface area is 205 Å². The van der Waals surface area contributed by atoms with Crippen molar-refractivity contribution in [2.75, 3.05) is 45.3 Å². The number of halogens is 1. The van der Waals surface area contributed by atoms with Crippen LogP contribution in [-0.2, 0) is 0 Å². The van der Waals surface area contributed by atoms with Crippen LogP contribution in [0.15, 0.2) is 40.7 Å². The minimum Gasteiger partial charge on any atom is -0.497 e. The van der Waals surface area contributed by atoms with Crippen molar-refractivity contribution >= 4 is 46.3 Å². The van der Waals surface area contributed by atoms with E-state index in [1.165, 1.54) is 5.00 Å². The van der Waals surface area contributed by atoms with Gasteiger partial charge in [-0.25, -0.2) is 0 Å². The van der Waals surface area contributed by atoms with E-state index < -0.39 is 6.10 Å². The molecule has 0 saturated carbocycles. The lowest BCUT2D eigenvalue weighted by Crippen LogP contribution is -2.48. The first-order chi connectivity index (χ1) is 14.6. The Hall–Kier alpha value is -1.72. The second-order valence-electron chi connectivity index (χ2n) is 7.24. The van der Waals surface area contributed by atoms with E-state index in [-0.39, 0.29) is 30.5 Å². The SMILES string of the molecule is CCNC(=NCC(O)c1cc(OC)cc(OC)c1)NC1CCN(c2cccs2)CC1.I. The number of aliphatic hydroxyl groups excluding tert-OH is 1. The second kappa shape index (κ2) is 13.0. The Morgan fingerprint density at radius 1 is 1.23 bits per heavy atom. The molecule has 31 heavy (non-hydrogen) atoms. The van der Waals surface area contributed by atoms with Gasteiger partial charge in [0.25, 0.3) is 0 Å². The van der Waals surface area contributed by atoms with Crippen LogP contribution in [0.5, 0.6) is 11.5 Å². The number of ether oxygens (including phenoxy) is 2. The van der Waals surface area contributed by atoms with E-state index in [1.54, 1.807) is 31.6 Å². The first kappa shape index (κ1) is 25.5. The predicted octanol–water partition coefficient (Wildman–Crippen LogP) is 3.64. The van der Waals surface area contributed by atoms with E-state index in [4.69, 9.17) is 9.47 Å². The Morgan fingerprint density at radius 3 is 2.45 bits per heavy atom. The van der Waals surface area contributed by atoms with Crippen molar-refractivity contribution in [3.05, 3.63) is 41.3 Å². The van der Waals surface area contributed by atoms with Crippen molar-refractivity contribution in [3.63, 3.8) is 0 Å². The monoisotopic (exact) mass is 560 g/mol. The first-order valence-electron chi connectivity index (χ1n) is 10.4. The molecule has 172 valence electrons. The van der Waals surface area contributed by atoms with Crippen molar-refractivity contribution in [1.29, 1.82) is 0 Å². The van der Waals surface area contributed by atoms with Gasteiger partial charge in [0.15, 0.2) is 5.96 Å². The van der Waals surface area contributed by atoms with Gasteiger partial charge in [-0.05, 0) is 55.0 Å². The number of aliphatic imine (C=N–C) groups is 1. The summed E-state index contributed by atoms with van der Waals surface area (Å²) in [5.41, 5.74) is 0.718. The molecule has 0 aliphatic carbocycles. The lowest BCUT2D eigenvalue weighted by Gasteiger charge is -2.33. The Kier molecular flexibility index (Phi) is 10.7. The molecule has 0 spiro atoms. The molecule has 1 fully saturated rings. The number of anilines is 1. The zero-order valence-electron chi connectivity index (χ0n) is 18.3. The van der Waals surface area contributed by atoms with Crippen molar-refractivity contribution < 1.29 is 14.6 Å². The van der Waals surface area contributed by atoms with Crippen molar-refractivity contribution in [1.82, 2.24) is 10.6 Å². The first-order valence-corrected chi connectivity index (χ1v) is 11.2. The number of nitrogens with one attached hydrogen (secondary N) is 2. The Bertz CT molecular complexity index is 789. The van der Waals surface area contributed by atoms with Gasteiger partial charge in [-0.1, -0.05) is 0 Å². The summed E-state index contributed by atoms with van der Waals surface area (Å²) in [5, 5.41) is 20.9. The fourth-order valence-electron chi connectivity index (χ4n) is 3.51. The number of methoxy groups -OCH3 is 2. The van der Waals surface area contributed by atoms with Crippen LogP contribution in [0.25, 0.3) is 0 Å². The van der Waals surface area contributed by atoms with Crippen LogP contribution in [-0.4, -0.2) is 57.5 Å². The number of piperidine rings is 1. The fourth-order valence-corrected chi connectivity index (χ4v) is 4.30. The molecule has 1 saturated heterocycles. The molecule has 3 rings (SSSR count). The van der Waals surface area contributed by atoms with Crippen LogP contribution in [0.1, 0.15) is 31.4 Å². The summed E-state index contributed by atoms with van der Waals surface area (Å²) in [5.74, 6) is 2.03. The number of rotatable bonds is 8. The Balaban J connectivity index is 0.00000341. The summed E-state index contributed by atoms with van der Waals surface area (Å²) in [6.07, 6.45) is 1.36. The molecule has 1 aliphatic rings. The average molecular weight is 561 g/mol. The highest BCUT2D eigenvalue weighted by Gasteiger charge is 2.21. The molecule has 1 aromatic carbocycles. The molecule has 1 unspecified atom stereocenters. The third-order valence-corrected chi connectivity index (χ3v) is 6.11. The molecule has 1 aromatic heterocycles. The Morgan fingerprint density at radius 2 is 1.90 bits per heavy atom. The van der Waals surface area contributed by atoms with E-state index in [9.17, 15) is 5.11 Å². The van der Waals surface area contributed by atoms with Gasteiger partial charge in [0.05, 0.1) is 31.9 Å². The third-order valence-electron chi connectivity index (χ3n) is 5.18. The molecule has 0 radical (unpaired) electrons.